The molecule has 3 aliphatic rings. The maximum absolute atomic E-state index is 11.7. The third kappa shape index (κ3) is 1.45. The normalized spacial score (nSPS) is 49.8. The van der Waals surface area contributed by atoms with Crippen LogP contribution in [0.1, 0.15) is 26.2 Å². The van der Waals surface area contributed by atoms with Crippen molar-refractivity contribution < 1.29 is 17.3 Å². The fraction of sp³-hybridized carbons (Fsp3) is 1.00. The van der Waals surface area contributed by atoms with Crippen LogP contribution in [0.25, 0.3) is 0 Å². The first kappa shape index (κ1) is 11.3. The quantitative estimate of drug-likeness (QED) is 0.574. The molecular weight excluding hydrogens is 252 g/mol. The molecule has 2 aliphatic carbocycles. The molecule has 1 aliphatic heterocycles. The number of ether oxygens (including phenoxy) is 1. The summed E-state index contributed by atoms with van der Waals surface area (Å²) in [6, 6.07) is 0. The molecule has 3 rings (SSSR count). The van der Waals surface area contributed by atoms with E-state index in [1.54, 1.807) is 0 Å². The van der Waals surface area contributed by atoms with Gasteiger partial charge in [0.05, 0.1) is 11.4 Å². The Kier molecular flexibility index (Phi) is 2.52. The van der Waals surface area contributed by atoms with Crippen LogP contribution in [0.15, 0.2) is 0 Å². The Morgan fingerprint density at radius 3 is 2.94 bits per heavy atom. The molecule has 0 spiro atoms. The van der Waals surface area contributed by atoms with E-state index in [1.165, 1.54) is 0 Å². The first-order valence-corrected chi connectivity index (χ1v) is 7.65. The number of hydrogen-bond donors (Lipinski definition) is 0. The summed E-state index contributed by atoms with van der Waals surface area (Å²) < 4.78 is 34.2. The SMILES string of the molecule is CCC(Cl)OC1C2CC3C1OS(=O)(=O)C3C2. The summed E-state index contributed by atoms with van der Waals surface area (Å²) in [5.41, 5.74) is -0.338. The molecule has 0 amide bonds. The highest BCUT2D eigenvalue weighted by Gasteiger charge is 2.64. The largest absolute Gasteiger partial charge is 0.356 e. The van der Waals surface area contributed by atoms with Gasteiger partial charge in [-0.25, -0.2) is 0 Å². The van der Waals surface area contributed by atoms with E-state index in [9.17, 15) is 8.42 Å². The van der Waals surface area contributed by atoms with E-state index in [0.29, 0.717) is 12.3 Å². The lowest BCUT2D eigenvalue weighted by molar-refractivity contribution is -0.0523. The van der Waals surface area contributed by atoms with Gasteiger partial charge in [0.1, 0.15) is 11.7 Å². The van der Waals surface area contributed by atoms with Gasteiger partial charge in [0, 0.05) is 5.92 Å². The third-order valence-electron chi connectivity index (χ3n) is 4.04. The lowest BCUT2D eigenvalue weighted by Gasteiger charge is -2.26. The van der Waals surface area contributed by atoms with Gasteiger partial charge in [-0.15, -0.1) is 0 Å². The second-order valence-electron chi connectivity index (χ2n) is 4.91. The minimum Gasteiger partial charge on any atom is -0.356 e. The van der Waals surface area contributed by atoms with E-state index in [-0.39, 0.29) is 28.9 Å². The summed E-state index contributed by atoms with van der Waals surface area (Å²) in [7, 11) is -3.33. The molecule has 3 fully saturated rings. The van der Waals surface area contributed by atoms with Gasteiger partial charge in [0.15, 0.2) is 0 Å². The molecule has 1 saturated heterocycles. The average Bonchev–Trinajstić information content (AvgIpc) is 2.81. The van der Waals surface area contributed by atoms with Crippen molar-refractivity contribution in [1.82, 2.24) is 0 Å². The summed E-state index contributed by atoms with van der Waals surface area (Å²) in [5.74, 6) is 0.450. The smallest absolute Gasteiger partial charge is 0.270 e. The Labute approximate surface area is 100 Å². The van der Waals surface area contributed by atoms with Crippen molar-refractivity contribution in [2.75, 3.05) is 0 Å². The van der Waals surface area contributed by atoms with Crippen LogP contribution >= 0.6 is 11.6 Å². The summed E-state index contributed by atoms with van der Waals surface area (Å²) >= 11 is 5.96. The van der Waals surface area contributed by atoms with Gasteiger partial charge in [0.2, 0.25) is 0 Å². The molecule has 16 heavy (non-hydrogen) atoms. The summed E-state index contributed by atoms with van der Waals surface area (Å²) in [6.45, 7) is 1.94. The Hall–Kier alpha value is 0.160. The fourth-order valence-electron chi connectivity index (χ4n) is 3.34. The van der Waals surface area contributed by atoms with E-state index in [0.717, 1.165) is 12.8 Å². The summed E-state index contributed by atoms with van der Waals surface area (Å²) in [6.07, 6.45) is 1.91. The van der Waals surface area contributed by atoms with Crippen LogP contribution in [0.2, 0.25) is 0 Å². The minimum atomic E-state index is -3.33. The van der Waals surface area contributed by atoms with Crippen LogP contribution in [0, 0.1) is 11.8 Å². The lowest BCUT2D eigenvalue weighted by atomic mass is 9.94. The molecule has 0 aromatic carbocycles. The van der Waals surface area contributed by atoms with Crippen molar-refractivity contribution in [3.63, 3.8) is 0 Å². The fourth-order valence-corrected chi connectivity index (χ4v) is 5.34. The number of alkyl halides is 1. The predicted octanol–water partition coefficient (Wildman–Crippen LogP) is 1.48. The zero-order chi connectivity index (χ0) is 11.5. The molecule has 92 valence electrons. The molecule has 6 unspecified atom stereocenters. The van der Waals surface area contributed by atoms with Crippen molar-refractivity contribution >= 4 is 21.7 Å². The Morgan fingerprint density at radius 1 is 1.50 bits per heavy atom. The average molecular weight is 267 g/mol. The van der Waals surface area contributed by atoms with E-state index in [1.807, 2.05) is 6.92 Å². The van der Waals surface area contributed by atoms with Gasteiger partial charge in [-0.1, -0.05) is 18.5 Å². The van der Waals surface area contributed by atoms with Crippen molar-refractivity contribution in [1.29, 1.82) is 0 Å². The molecular formula is C10H15ClO4S. The predicted molar refractivity (Wildman–Crippen MR) is 58.6 cm³/mol. The second-order valence-corrected chi connectivity index (χ2v) is 7.18. The van der Waals surface area contributed by atoms with E-state index >= 15 is 0 Å². The van der Waals surface area contributed by atoms with Crippen molar-refractivity contribution in [3.05, 3.63) is 0 Å². The summed E-state index contributed by atoms with van der Waals surface area (Å²) in [4.78, 5) is 0. The van der Waals surface area contributed by atoms with E-state index in [2.05, 4.69) is 0 Å². The molecule has 0 radical (unpaired) electrons. The molecule has 1 heterocycles. The monoisotopic (exact) mass is 266 g/mol. The highest BCUT2D eigenvalue weighted by atomic mass is 35.5. The van der Waals surface area contributed by atoms with Gasteiger partial charge >= 0.3 is 0 Å². The molecule has 0 aromatic rings. The summed E-state index contributed by atoms with van der Waals surface area (Å²) in [5, 5.41) is -0.280. The van der Waals surface area contributed by atoms with Gasteiger partial charge in [-0.2, -0.15) is 8.42 Å². The molecule has 0 aromatic heterocycles. The number of halogens is 1. The Bertz CT molecular complexity index is 396. The first-order valence-electron chi connectivity index (χ1n) is 5.74. The van der Waals surface area contributed by atoms with Crippen LogP contribution in [0.4, 0.5) is 0 Å². The lowest BCUT2D eigenvalue weighted by Crippen LogP contribution is -2.37. The third-order valence-corrected chi connectivity index (χ3v) is 6.23. The second kappa shape index (κ2) is 3.57. The number of fused-ring (bicyclic) bond motifs is 1. The van der Waals surface area contributed by atoms with Crippen LogP contribution in [0.5, 0.6) is 0 Å². The van der Waals surface area contributed by atoms with Crippen LogP contribution in [-0.4, -0.2) is 31.4 Å². The maximum atomic E-state index is 11.7. The Balaban J connectivity index is 1.81. The van der Waals surface area contributed by atoms with Crippen LogP contribution < -0.4 is 0 Å². The maximum Gasteiger partial charge on any atom is 0.270 e. The zero-order valence-electron chi connectivity index (χ0n) is 9.00. The standard InChI is InChI=1S/C10H15ClO4S/c1-2-8(11)14-9-5-3-6-7(4-5)16(12,13)15-10(6)9/h5-10H,2-4H2,1H3. The molecule has 6 heteroatoms. The highest BCUT2D eigenvalue weighted by Crippen LogP contribution is 2.55. The van der Waals surface area contributed by atoms with Gasteiger partial charge in [-0.05, 0) is 25.2 Å². The zero-order valence-corrected chi connectivity index (χ0v) is 10.6. The van der Waals surface area contributed by atoms with Crippen LogP contribution in [-0.2, 0) is 19.0 Å². The van der Waals surface area contributed by atoms with Gasteiger partial charge in [-0.3, -0.25) is 4.18 Å². The first-order chi connectivity index (χ1) is 7.53. The van der Waals surface area contributed by atoms with E-state index in [4.69, 9.17) is 20.5 Å². The topological polar surface area (TPSA) is 52.6 Å². The van der Waals surface area contributed by atoms with Gasteiger partial charge < -0.3 is 4.74 Å². The van der Waals surface area contributed by atoms with Crippen LogP contribution in [0.3, 0.4) is 0 Å². The van der Waals surface area contributed by atoms with E-state index < -0.39 is 10.1 Å². The van der Waals surface area contributed by atoms with Crippen molar-refractivity contribution in [3.8, 4) is 0 Å². The number of hydrogen-bond acceptors (Lipinski definition) is 4. The molecule has 2 saturated carbocycles. The number of rotatable bonds is 3. The molecule has 6 atom stereocenters. The molecule has 2 bridgehead atoms. The van der Waals surface area contributed by atoms with Gasteiger partial charge in [0.25, 0.3) is 10.1 Å². The minimum absolute atomic E-state index is 0.124. The molecule has 4 nitrogen and oxygen atoms in total. The Morgan fingerprint density at radius 2 is 2.25 bits per heavy atom. The van der Waals surface area contributed by atoms with Crippen molar-refractivity contribution in [2.24, 2.45) is 11.8 Å². The highest BCUT2D eigenvalue weighted by molar-refractivity contribution is 7.87. The molecule has 0 N–H and O–H groups in total. The van der Waals surface area contributed by atoms with Crippen molar-refractivity contribution in [2.45, 2.75) is 49.2 Å².